The molecule has 0 radical (unpaired) electrons. The Kier molecular flexibility index (Phi) is 5.19. The normalized spacial score (nSPS) is 11.7. The van der Waals surface area contributed by atoms with E-state index in [0.717, 1.165) is 0 Å². The van der Waals surface area contributed by atoms with Crippen molar-refractivity contribution in [2.45, 2.75) is 26.3 Å². The third kappa shape index (κ3) is 4.18. The van der Waals surface area contributed by atoms with Crippen molar-refractivity contribution in [3.8, 4) is 11.8 Å². The highest BCUT2D eigenvalue weighted by Gasteiger charge is 2.18. The molecule has 0 aliphatic heterocycles. The van der Waals surface area contributed by atoms with Gasteiger partial charge >= 0.3 is 5.97 Å². The predicted octanol–water partition coefficient (Wildman–Crippen LogP) is 2.48. The highest BCUT2D eigenvalue weighted by molar-refractivity contribution is 5.69. The van der Waals surface area contributed by atoms with Crippen LogP contribution < -0.4 is 10.1 Å². The van der Waals surface area contributed by atoms with Crippen LogP contribution in [0.15, 0.2) is 18.2 Å². The van der Waals surface area contributed by atoms with Crippen molar-refractivity contribution in [3.63, 3.8) is 0 Å². The van der Waals surface area contributed by atoms with Gasteiger partial charge in [-0.1, -0.05) is 13.8 Å². The first-order chi connectivity index (χ1) is 8.97. The maximum absolute atomic E-state index is 10.9. The van der Waals surface area contributed by atoms with Crippen LogP contribution in [-0.2, 0) is 4.79 Å². The second-order valence-corrected chi connectivity index (χ2v) is 4.62. The zero-order valence-corrected chi connectivity index (χ0v) is 11.3. The Morgan fingerprint density at radius 2 is 2.21 bits per heavy atom. The molecule has 0 fully saturated rings. The van der Waals surface area contributed by atoms with E-state index in [4.69, 9.17) is 15.1 Å². The van der Waals surface area contributed by atoms with Crippen molar-refractivity contribution in [2.24, 2.45) is 5.92 Å². The highest BCUT2D eigenvalue weighted by Crippen LogP contribution is 2.24. The molecule has 1 unspecified atom stereocenters. The lowest BCUT2D eigenvalue weighted by atomic mass is 10.00. The molecule has 0 saturated carbocycles. The fourth-order valence-electron chi connectivity index (χ4n) is 1.71. The Hall–Kier alpha value is -2.22. The van der Waals surface area contributed by atoms with Gasteiger partial charge in [-0.3, -0.25) is 4.79 Å². The molecular weight excluding hydrogens is 244 g/mol. The van der Waals surface area contributed by atoms with E-state index in [2.05, 4.69) is 11.4 Å². The molecule has 0 aliphatic carbocycles. The van der Waals surface area contributed by atoms with Crippen molar-refractivity contribution in [3.05, 3.63) is 23.8 Å². The van der Waals surface area contributed by atoms with Gasteiger partial charge in [0.15, 0.2) is 0 Å². The van der Waals surface area contributed by atoms with Crippen LogP contribution in [0.5, 0.6) is 5.75 Å². The van der Waals surface area contributed by atoms with E-state index >= 15 is 0 Å². The topological polar surface area (TPSA) is 82.3 Å². The minimum atomic E-state index is -0.868. The van der Waals surface area contributed by atoms with Crippen LogP contribution in [0.1, 0.15) is 25.8 Å². The van der Waals surface area contributed by atoms with Crippen LogP contribution in [0.2, 0.25) is 0 Å². The molecular formula is C14H18N2O3. The van der Waals surface area contributed by atoms with Gasteiger partial charge in [0, 0.05) is 12.1 Å². The average Bonchev–Trinajstić information content (AvgIpc) is 2.37. The first-order valence-electron chi connectivity index (χ1n) is 6.04. The Balaban J connectivity index is 3.00. The molecule has 1 rings (SSSR count). The van der Waals surface area contributed by atoms with Crippen LogP contribution in [0.4, 0.5) is 5.69 Å². The molecule has 2 N–H and O–H groups in total. The van der Waals surface area contributed by atoms with Gasteiger partial charge in [-0.05, 0) is 18.1 Å². The molecule has 5 heteroatoms. The zero-order valence-electron chi connectivity index (χ0n) is 11.3. The number of benzene rings is 1. The minimum Gasteiger partial charge on any atom is -0.497 e. The Labute approximate surface area is 112 Å². The molecule has 19 heavy (non-hydrogen) atoms. The van der Waals surface area contributed by atoms with Gasteiger partial charge in [-0.15, -0.1) is 0 Å². The van der Waals surface area contributed by atoms with E-state index < -0.39 is 5.97 Å². The number of aliphatic carboxylic acids is 1. The van der Waals surface area contributed by atoms with E-state index in [1.165, 1.54) is 0 Å². The lowest BCUT2D eigenvalue weighted by Gasteiger charge is -2.22. The summed E-state index contributed by atoms with van der Waals surface area (Å²) in [6, 6.07) is 6.90. The lowest BCUT2D eigenvalue weighted by Crippen LogP contribution is -2.28. The number of hydrogen-bond acceptors (Lipinski definition) is 4. The van der Waals surface area contributed by atoms with Gasteiger partial charge in [0.1, 0.15) is 11.8 Å². The molecule has 1 aromatic carbocycles. The van der Waals surface area contributed by atoms with Crippen LogP contribution >= 0.6 is 0 Å². The molecule has 0 aromatic heterocycles. The van der Waals surface area contributed by atoms with Crippen molar-refractivity contribution >= 4 is 11.7 Å². The number of nitrogens with one attached hydrogen (secondary N) is 1. The lowest BCUT2D eigenvalue weighted by molar-refractivity contribution is -0.137. The van der Waals surface area contributed by atoms with Crippen LogP contribution in [0.25, 0.3) is 0 Å². The third-order valence-corrected chi connectivity index (χ3v) is 2.89. The van der Waals surface area contributed by atoms with Gasteiger partial charge in [0.25, 0.3) is 0 Å². The van der Waals surface area contributed by atoms with Gasteiger partial charge < -0.3 is 15.2 Å². The number of carboxylic acid groups (broad SMARTS) is 1. The third-order valence-electron chi connectivity index (χ3n) is 2.89. The minimum absolute atomic E-state index is 0.000253. The zero-order chi connectivity index (χ0) is 14.4. The molecule has 0 spiro atoms. The summed E-state index contributed by atoms with van der Waals surface area (Å²) < 4.78 is 5.11. The molecule has 102 valence electrons. The molecule has 0 amide bonds. The Bertz CT molecular complexity index is 492. The summed E-state index contributed by atoms with van der Waals surface area (Å²) in [6.07, 6.45) is -0.000253. The Morgan fingerprint density at radius 1 is 1.53 bits per heavy atom. The number of nitriles is 1. The summed E-state index contributed by atoms with van der Waals surface area (Å²) in [7, 11) is 1.54. The quantitative estimate of drug-likeness (QED) is 0.823. The first kappa shape index (κ1) is 14.8. The van der Waals surface area contributed by atoms with Crippen LogP contribution in [0, 0.1) is 17.2 Å². The van der Waals surface area contributed by atoms with E-state index in [1.807, 2.05) is 13.8 Å². The van der Waals surface area contributed by atoms with E-state index in [9.17, 15) is 4.79 Å². The number of nitrogens with zero attached hydrogens (tertiary/aromatic N) is 1. The first-order valence-corrected chi connectivity index (χ1v) is 6.04. The second-order valence-electron chi connectivity index (χ2n) is 4.62. The van der Waals surface area contributed by atoms with Crippen molar-refractivity contribution in [1.82, 2.24) is 0 Å². The van der Waals surface area contributed by atoms with E-state index in [-0.39, 0.29) is 18.4 Å². The monoisotopic (exact) mass is 262 g/mol. The summed E-state index contributed by atoms with van der Waals surface area (Å²) in [5.41, 5.74) is 1.07. The summed E-state index contributed by atoms with van der Waals surface area (Å²) in [5, 5.41) is 21.1. The maximum atomic E-state index is 10.9. The van der Waals surface area contributed by atoms with Gasteiger partial charge in [-0.2, -0.15) is 5.26 Å². The summed E-state index contributed by atoms with van der Waals surface area (Å²) in [4.78, 5) is 10.9. The largest absolute Gasteiger partial charge is 0.497 e. The number of carboxylic acids is 1. The molecule has 1 aromatic rings. The molecule has 1 atom stereocenters. The number of ether oxygens (including phenoxy) is 1. The molecule has 0 saturated heterocycles. The average molecular weight is 262 g/mol. The fraction of sp³-hybridized carbons (Fsp3) is 0.429. The second kappa shape index (κ2) is 6.64. The van der Waals surface area contributed by atoms with Gasteiger partial charge in [-0.25, -0.2) is 0 Å². The highest BCUT2D eigenvalue weighted by atomic mass is 16.5. The number of methoxy groups -OCH3 is 1. The maximum Gasteiger partial charge on any atom is 0.305 e. The van der Waals surface area contributed by atoms with Crippen LogP contribution in [-0.4, -0.2) is 24.2 Å². The number of rotatable bonds is 6. The summed E-state index contributed by atoms with van der Waals surface area (Å²) in [5.74, 6) is -0.110. The summed E-state index contributed by atoms with van der Waals surface area (Å²) >= 11 is 0. The number of anilines is 1. The van der Waals surface area contributed by atoms with E-state index in [1.54, 1.807) is 25.3 Å². The van der Waals surface area contributed by atoms with E-state index in [0.29, 0.717) is 17.0 Å². The molecule has 0 heterocycles. The fourth-order valence-corrected chi connectivity index (χ4v) is 1.71. The smallest absolute Gasteiger partial charge is 0.305 e. The molecule has 0 aliphatic rings. The van der Waals surface area contributed by atoms with Crippen molar-refractivity contribution < 1.29 is 14.6 Å². The number of carbonyl (C=O) groups is 1. The van der Waals surface area contributed by atoms with Gasteiger partial charge in [0.2, 0.25) is 0 Å². The molecule has 5 nitrogen and oxygen atoms in total. The van der Waals surface area contributed by atoms with Crippen molar-refractivity contribution in [2.75, 3.05) is 12.4 Å². The standard InChI is InChI=1S/C14H18N2O3/c1-9(2)12(7-14(17)18)16-13-6-11(19-3)5-4-10(13)8-15/h4-6,9,12,16H,7H2,1-3H3,(H,17,18). The van der Waals surface area contributed by atoms with Crippen LogP contribution in [0.3, 0.4) is 0 Å². The Morgan fingerprint density at radius 3 is 2.68 bits per heavy atom. The predicted molar refractivity (Wildman–Crippen MR) is 72.2 cm³/mol. The summed E-state index contributed by atoms with van der Waals surface area (Å²) in [6.45, 7) is 3.87. The number of hydrogen-bond donors (Lipinski definition) is 2. The van der Waals surface area contributed by atoms with Crippen molar-refractivity contribution in [1.29, 1.82) is 5.26 Å². The molecule has 0 bridgehead atoms. The SMILES string of the molecule is COc1ccc(C#N)c(NC(CC(=O)O)C(C)C)c1. The van der Waals surface area contributed by atoms with Gasteiger partial charge in [0.05, 0.1) is 24.8 Å².